The number of rotatable bonds is 6. The Kier molecular flexibility index (Phi) is 4.97. The van der Waals surface area contributed by atoms with Crippen LogP contribution in [0.15, 0.2) is 60.7 Å². The van der Waals surface area contributed by atoms with Gasteiger partial charge in [0.1, 0.15) is 0 Å². The molecule has 0 spiro atoms. The number of halogens is 2. The average molecular weight is 451 g/mol. The summed E-state index contributed by atoms with van der Waals surface area (Å²) in [5.74, 6) is -1.72. The molecule has 2 aliphatic carbocycles. The zero-order valence-electron chi connectivity index (χ0n) is 17.0. The van der Waals surface area contributed by atoms with Crippen LogP contribution in [0.4, 0.5) is 8.78 Å². The second-order valence-electron chi connectivity index (χ2n) is 8.63. The van der Waals surface area contributed by atoms with Crippen LogP contribution in [0, 0.1) is 17.8 Å². The first kappa shape index (κ1) is 21.0. The molecule has 2 bridgehead atoms. The SMILES string of the molecule is COS(=O)(=O)C(F)(F)CC1CC2CC1C1OC(c3ccccc3)(c3ccccc3)OC21. The minimum Gasteiger partial charge on any atom is -0.336 e. The van der Waals surface area contributed by atoms with Crippen LogP contribution >= 0.6 is 0 Å². The zero-order chi connectivity index (χ0) is 21.9. The number of alkyl halides is 2. The summed E-state index contributed by atoms with van der Waals surface area (Å²) in [4.78, 5) is 0. The van der Waals surface area contributed by atoms with E-state index in [4.69, 9.17) is 9.47 Å². The lowest BCUT2D eigenvalue weighted by molar-refractivity contribution is -0.162. The first-order chi connectivity index (χ1) is 14.8. The normalized spacial score (nSPS) is 31.6. The lowest BCUT2D eigenvalue weighted by Gasteiger charge is -2.31. The van der Waals surface area contributed by atoms with Crippen molar-refractivity contribution in [2.45, 2.75) is 42.5 Å². The number of hydrogen-bond donors (Lipinski definition) is 0. The van der Waals surface area contributed by atoms with E-state index in [1.165, 1.54) is 0 Å². The van der Waals surface area contributed by atoms with Gasteiger partial charge in [0.25, 0.3) is 0 Å². The highest BCUT2D eigenvalue weighted by atomic mass is 32.2. The zero-order valence-corrected chi connectivity index (χ0v) is 17.8. The molecule has 1 aliphatic heterocycles. The summed E-state index contributed by atoms with van der Waals surface area (Å²) >= 11 is 0. The van der Waals surface area contributed by atoms with Crippen molar-refractivity contribution < 1.29 is 30.9 Å². The Morgan fingerprint density at radius 2 is 1.52 bits per heavy atom. The van der Waals surface area contributed by atoms with Gasteiger partial charge >= 0.3 is 15.4 Å². The van der Waals surface area contributed by atoms with Gasteiger partial charge in [-0.1, -0.05) is 60.7 Å². The van der Waals surface area contributed by atoms with E-state index < -0.39 is 33.5 Å². The van der Waals surface area contributed by atoms with E-state index >= 15 is 0 Å². The van der Waals surface area contributed by atoms with Gasteiger partial charge in [0.2, 0.25) is 5.79 Å². The highest BCUT2D eigenvalue weighted by molar-refractivity contribution is 7.87. The molecule has 8 heteroatoms. The van der Waals surface area contributed by atoms with Crippen molar-refractivity contribution in [2.24, 2.45) is 17.8 Å². The van der Waals surface area contributed by atoms with E-state index in [0.717, 1.165) is 18.2 Å². The van der Waals surface area contributed by atoms with Crippen LogP contribution in [-0.2, 0) is 29.6 Å². The van der Waals surface area contributed by atoms with Crippen LogP contribution in [0.1, 0.15) is 30.4 Å². The standard InChI is InChI=1S/C23H24F2O5S/c1-28-31(26,27)22(24,25)14-16-12-15-13-19(16)21-20(15)29-23(30-21,17-8-4-2-5-9-17)18-10-6-3-7-11-18/h2-11,15-16,19-21H,12-14H2,1H3. The molecule has 2 aromatic carbocycles. The fourth-order valence-corrected chi connectivity index (χ4v) is 6.29. The Balaban J connectivity index is 1.46. The number of hydrogen-bond acceptors (Lipinski definition) is 5. The first-order valence-corrected chi connectivity index (χ1v) is 11.8. The third-order valence-electron chi connectivity index (χ3n) is 6.99. The predicted octanol–water partition coefficient (Wildman–Crippen LogP) is 4.29. The van der Waals surface area contributed by atoms with Gasteiger partial charge in [-0.2, -0.15) is 17.2 Å². The van der Waals surface area contributed by atoms with E-state index in [1.54, 1.807) is 0 Å². The molecule has 2 saturated carbocycles. The van der Waals surface area contributed by atoms with E-state index in [0.29, 0.717) is 12.8 Å². The maximum atomic E-state index is 14.4. The minimum absolute atomic E-state index is 0.0512. The monoisotopic (exact) mass is 450 g/mol. The van der Waals surface area contributed by atoms with E-state index in [1.807, 2.05) is 60.7 Å². The number of benzene rings is 2. The van der Waals surface area contributed by atoms with Gasteiger partial charge in [-0.25, -0.2) is 0 Å². The molecule has 0 aromatic heterocycles. The predicted molar refractivity (Wildman–Crippen MR) is 109 cm³/mol. The molecule has 0 N–H and O–H groups in total. The largest absolute Gasteiger partial charge is 0.370 e. The second-order valence-corrected chi connectivity index (χ2v) is 10.5. The van der Waals surface area contributed by atoms with Gasteiger partial charge in [-0.3, -0.25) is 4.18 Å². The van der Waals surface area contributed by atoms with Gasteiger partial charge < -0.3 is 9.47 Å². The Bertz CT molecular complexity index is 1000. The topological polar surface area (TPSA) is 61.8 Å². The summed E-state index contributed by atoms with van der Waals surface area (Å²) in [7, 11) is -4.17. The quantitative estimate of drug-likeness (QED) is 0.615. The Morgan fingerprint density at radius 3 is 2.06 bits per heavy atom. The third-order valence-corrected chi connectivity index (χ3v) is 8.33. The first-order valence-electron chi connectivity index (χ1n) is 10.4. The van der Waals surface area contributed by atoms with Gasteiger partial charge in [-0.15, -0.1) is 0 Å². The molecular formula is C23H24F2O5S. The van der Waals surface area contributed by atoms with E-state index in [2.05, 4.69) is 4.18 Å². The van der Waals surface area contributed by atoms with E-state index in [9.17, 15) is 17.2 Å². The van der Waals surface area contributed by atoms with Crippen molar-refractivity contribution in [3.05, 3.63) is 71.8 Å². The van der Waals surface area contributed by atoms with Gasteiger partial charge in [0, 0.05) is 17.5 Å². The summed E-state index contributed by atoms with van der Waals surface area (Å²) in [5.41, 5.74) is 1.69. The van der Waals surface area contributed by atoms with Crippen molar-refractivity contribution >= 4 is 10.1 Å². The van der Waals surface area contributed by atoms with Crippen LogP contribution < -0.4 is 0 Å². The van der Waals surface area contributed by atoms with Gasteiger partial charge in [0.15, 0.2) is 0 Å². The maximum absolute atomic E-state index is 14.4. The van der Waals surface area contributed by atoms with E-state index in [-0.39, 0.29) is 24.0 Å². The van der Waals surface area contributed by atoms with Crippen molar-refractivity contribution in [3.8, 4) is 0 Å². The van der Waals surface area contributed by atoms with Crippen molar-refractivity contribution in [1.82, 2.24) is 0 Å². The summed E-state index contributed by atoms with van der Waals surface area (Å²) in [6, 6.07) is 19.2. The Hall–Kier alpha value is -1.87. The fourth-order valence-electron chi connectivity index (χ4n) is 5.63. The van der Waals surface area contributed by atoms with Gasteiger partial charge in [0.05, 0.1) is 19.3 Å². The van der Waals surface area contributed by atoms with Crippen LogP contribution in [0.3, 0.4) is 0 Å². The summed E-state index contributed by atoms with van der Waals surface area (Å²) in [6.45, 7) is 0. The maximum Gasteiger partial charge on any atom is 0.370 e. The van der Waals surface area contributed by atoms with Crippen molar-refractivity contribution in [3.63, 3.8) is 0 Å². The molecule has 166 valence electrons. The second kappa shape index (κ2) is 7.33. The number of fused-ring (bicyclic) bond motifs is 5. The molecule has 5 atom stereocenters. The highest BCUT2D eigenvalue weighted by Crippen LogP contribution is 2.60. The van der Waals surface area contributed by atoms with Crippen LogP contribution in [0.25, 0.3) is 0 Å². The van der Waals surface area contributed by atoms with Crippen molar-refractivity contribution in [2.75, 3.05) is 7.11 Å². The summed E-state index contributed by atoms with van der Waals surface area (Å²) in [5, 5.41) is -3.93. The lowest BCUT2D eigenvalue weighted by Crippen LogP contribution is -2.39. The molecule has 0 amide bonds. The Labute approximate surface area is 180 Å². The lowest BCUT2D eigenvalue weighted by atomic mass is 9.83. The molecule has 5 unspecified atom stereocenters. The fraction of sp³-hybridized carbons (Fsp3) is 0.478. The average Bonchev–Trinajstić information content (AvgIpc) is 3.45. The molecule has 3 aliphatic rings. The number of ether oxygens (including phenoxy) is 2. The molecule has 5 nitrogen and oxygen atoms in total. The molecule has 5 rings (SSSR count). The Morgan fingerprint density at radius 1 is 0.968 bits per heavy atom. The smallest absolute Gasteiger partial charge is 0.336 e. The van der Waals surface area contributed by atoms with Crippen LogP contribution in [0.2, 0.25) is 0 Å². The van der Waals surface area contributed by atoms with Crippen LogP contribution in [-0.4, -0.2) is 33.0 Å². The highest BCUT2D eigenvalue weighted by Gasteiger charge is 2.64. The molecule has 1 saturated heterocycles. The molecule has 2 aromatic rings. The minimum atomic E-state index is -4.94. The molecule has 0 radical (unpaired) electrons. The van der Waals surface area contributed by atoms with Crippen molar-refractivity contribution in [1.29, 1.82) is 0 Å². The molecule has 3 fully saturated rings. The summed E-state index contributed by atoms with van der Waals surface area (Å²) in [6.07, 6.45) is -0.160. The van der Waals surface area contributed by atoms with Gasteiger partial charge in [-0.05, 0) is 30.6 Å². The summed E-state index contributed by atoms with van der Waals surface area (Å²) < 4.78 is 69.5. The van der Waals surface area contributed by atoms with Crippen LogP contribution in [0.5, 0.6) is 0 Å². The molecule has 31 heavy (non-hydrogen) atoms. The molecular weight excluding hydrogens is 426 g/mol. The third kappa shape index (κ3) is 3.23. The molecule has 1 heterocycles.